The van der Waals surface area contributed by atoms with Gasteiger partial charge in [0.05, 0.1) is 12.1 Å². The molecule has 0 aliphatic carbocycles. The lowest BCUT2D eigenvalue weighted by atomic mass is 10.1. The van der Waals surface area contributed by atoms with Crippen LogP contribution in [0, 0.1) is 0 Å². The molecule has 0 radical (unpaired) electrons. The summed E-state index contributed by atoms with van der Waals surface area (Å²) in [7, 11) is 0. The number of unbranched alkanes of at least 4 members (excludes halogenated alkanes) is 26. The summed E-state index contributed by atoms with van der Waals surface area (Å²) in [4.78, 5) is 47.4. The maximum atomic E-state index is 12.3. The predicted octanol–water partition coefficient (Wildman–Crippen LogP) is 14.0. The van der Waals surface area contributed by atoms with Crippen LogP contribution >= 0.6 is 49.6 Å². The second kappa shape index (κ2) is 73.4. The number of hydrogen-bond donors (Lipinski definition) is 8. The Kier molecular flexibility index (Phi) is 82.7. The van der Waals surface area contributed by atoms with Crippen molar-refractivity contribution in [3.05, 3.63) is 24.3 Å². The minimum Gasteiger partial charge on any atom is -0.356 e. The summed E-state index contributed by atoms with van der Waals surface area (Å²) in [5.74, 6) is -0.136. The summed E-state index contributed by atoms with van der Waals surface area (Å²) in [6.07, 6.45) is 54.4. The fourth-order valence-corrected chi connectivity index (χ4v) is 8.36. The number of amides is 4. The number of halogens is 4. The highest BCUT2D eigenvalue weighted by atomic mass is 35.5. The van der Waals surface area contributed by atoms with E-state index in [2.05, 4.69) is 77.0 Å². The molecule has 10 N–H and O–H groups in total. The van der Waals surface area contributed by atoms with Crippen molar-refractivity contribution in [2.24, 2.45) is 11.5 Å². The van der Waals surface area contributed by atoms with Gasteiger partial charge in [-0.3, -0.25) is 19.2 Å². The summed E-state index contributed by atoms with van der Waals surface area (Å²) in [6, 6.07) is -1.01. The van der Waals surface area contributed by atoms with Crippen molar-refractivity contribution >= 4 is 73.3 Å². The van der Waals surface area contributed by atoms with Gasteiger partial charge < -0.3 is 43.4 Å². The Morgan fingerprint density at radius 3 is 0.987 bits per heavy atom. The quantitative estimate of drug-likeness (QED) is 0.0218. The Hall–Kier alpha value is -1.64. The third-order valence-electron chi connectivity index (χ3n) is 13.2. The Bertz CT molecular complexity index is 1240. The van der Waals surface area contributed by atoms with Gasteiger partial charge in [-0.15, -0.1) is 49.6 Å². The SMILES string of the molecule is CCCCCCCC/C=C\CCCCCCCC.CCCCCCCC/C=C\CCCCCCCC(=O)NCCCCC(N)C(=O)NCCCNCCCCNCCCNC(=O)C(N)CCCCNC(C)=O.Cl.Cl.Cl.Cl. The lowest BCUT2D eigenvalue weighted by Gasteiger charge is -2.13. The van der Waals surface area contributed by atoms with Gasteiger partial charge in [0.25, 0.3) is 0 Å². The van der Waals surface area contributed by atoms with Crippen LogP contribution in [0.1, 0.15) is 272 Å². The summed E-state index contributed by atoms with van der Waals surface area (Å²) in [6.45, 7) is 14.3. The van der Waals surface area contributed by atoms with Crippen molar-refractivity contribution in [1.29, 1.82) is 0 Å². The van der Waals surface area contributed by atoms with E-state index in [9.17, 15) is 19.2 Å². The van der Waals surface area contributed by atoms with Gasteiger partial charge in [-0.1, -0.05) is 161 Å². The van der Waals surface area contributed by atoms with Crippen molar-refractivity contribution < 1.29 is 19.2 Å². The molecular formula is C60H124Cl4N8O4. The van der Waals surface area contributed by atoms with Crippen LogP contribution in [0.4, 0.5) is 0 Å². The van der Waals surface area contributed by atoms with Gasteiger partial charge in [-0.25, -0.2) is 0 Å². The molecule has 16 heteroatoms. The van der Waals surface area contributed by atoms with Crippen LogP contribution in [0.3, 0.4) is 0 Å². The highest BCUT2D eigenvalue weighted by Gasteiger charge is 2.13. The molecule has 0 bridgehead atoms. The smallest absolute Gasteiger partial charge is 0.236 e. The summed E-state index contributed by atoms with van der Waals surface area (Å²) in [5.41, 5.74) is 12.0. The van der Waals surface area contributed by atoms with Crippen LogP contribution in [0.5, 0.6) is 0 Å². The largest absolute Gasteiger partial charge is 0.356 e. The molecule has 4 amide bonds. The first-order valence-corrected chi connectivity index (χ1v) is 30.5. The van der Waals surface area contributed by atoms with E-state index in [4.69, 9.17) is 11.5 Å². The molecular weight excluding hydrogens is 1040 g/mol. The highest BCUT2D eigenvalue weighted by Crippen LogP contribution is 2.12. The van der Waals surface area contributed by atoms with Crippen LogP contribution in [0.2, 0.25) is 0 Å². The Balaban J connectivity index is -0.000000473. The van der Waals surface area contributed by atoms with Crippen molar-refractivity contribution in [1.82, 2.24) is 31.9 Å². The van der Waals surface area contributed by atoms with E-state index >= 15 is 0 Å². The van der Waals surface area contributed by atoms with Crippen LogP contribution in [0.15, 0.2) is 24.3 Å². The van der Waals surface area contributed by atoms with Gasteiger partial charge in [0.1, 0.15) is 0 Å². The van der Waals surface area contributed by atoms with Crippen LogP contribution in [-0.2, 0) is 19.2 Å². The van der Waals surface area contributed by atoms with Gasteiger partial charge in [0.15, 0.2) is 0 Å². The molecule has 0 rings (SSSR count). The van der Waals surface area contributed by atoms with E-state index in [1.54, 1.807) is 0 Å². The molecule has 0 aliphatic rings. The molecule has 0 spiro atoms. The molecule has 0 saturated carbocycles. The van der Waals surface area contributed by atoms with Crippen LogP contribution in [0.25, 0.3) is 0 Å². The maximum absolute atomic E-state index is 12.3. The van der Waals surface area contributed by atoms with Crippen molar-refractivity contribution in [3.8, 4) is 0 Å². The summed E-state index contributed by atoms with van der Waals surface area (Å²) in [5, 5.41) is 18.4. The lowest BCUT2D eigenvalue weighted by molar-refractivity contribution is -0.123. The Morgan fingerprint density at radius 2 is 0.632 bits per heavy atom. The topological polar surface area (TPSA) is 192 Å². The lowest BCUT2D eigenvalue weighted by Crippen LogP contribution is -2.41. The third kappa shape index (κ3) is 72.4. The molecule has 0 aromatic heterocycles. The first-order valence-electron chi connectivity index (χ1n) is 30.5. The second-order valence-electron chi connectivity index (χ2n) is 20.5. The molecule has 2 atom stereocenters. The fraction of sp³-hybridized carbons (Fsp3) is 0.867. The van der Waals surface area contributed by atoms with Crippen molar-refractivity contribution in [3.63, 3.8) is 0 Å². The zero-order chi connectivity index (χ0) is 53.1. The van der Waals surface area contributed by atoms with E-state index in [1.165, 1.54) is 167 Å². The van der Waals surface area contributed by atoms with Gasteiger partial charge in [0, 0.05) is 39.5 Å². The number of nitrogens with two attached hydrogens (primary N) is 2. The predicted molar refractivity (Wildman–Crippen MR) is 339 cm³/mol. The van der Waals surface area contributed by atoms with Gasteiger partial charge in [0.2, 0.25) is 23.6 Å². The van der Waals surface area contributed by atoms with Crippen molar-refractivity contribution in [2.45, 2.75) is 284 Å². The average molecular weight is 1160 g/mol. The number of carbonyl (C=O) groups is 4. The van der Waals surface area contributed by atoms with E-state index in [0.717, 1.165) is 90.4 Å². The maximum Gasteiger partial charge on any atom is 0.236 e. The average Bonchev–Trinajstić information content (AvgIpc) is 3.37. The summed E-state index contributed by atoms with van der Waals surface area (Å²) < 4.78 is 0. The monoisotopic (exact) mass is 1160 g/mol. The van der Waals surface area contributed by atoms with Crippen molar-refractivity contribution in [2.75, 3.05) is 52.4 Å². The first kappa shape index (κ1) is 85.6. The van der Waals surface area contributed by atoms with E-state index in [0.29, 0.717) is 45.4 Å². The zero-order valence-corrected chi connectivity index (χ0v) is 52.7. The third-order valence-corrected chi connectivity index (χ3v) is 13.2. The normalized spacial score (nSPS) is 11.6. The van der Waals surface area contributed by atoms with Crippen LogP contribution < -0.4 is 43.4 Å². The fourth-order valence-electron chi connectivity index (χ4n) is 8.36. The number of allylic oxidation sites excluding steroid dienone is 4. The molecule has 0 fully saturated rings. The molecule has 2 unspecified atom stereocenters. The van der Waals surface area contributed by atoms with Gasteiger partial charge >= 0.3 is 0 Å². The standard InChI is InChI=1S/C42H84N8O4.C18H36.4ClH/c1-3-4-5-6-7-8-9-10-11-12-13-14-15-16-17-28-40(52)48-34-21-19-27-39(44)42(54)50-36-25-32-46-30-23-22-29-45-31-24-35-49-41(53)38(43)26-18-20-33-47-37(2)51;1-3-5-7-9-11-13-15-17-18-16-14-12-10-8-6-4-2;;;;/h10-11,38-39,45-46H,3-9,12-36,43-44H2,1-2H3,(H,47,51)(H,48,52)(H,49,53)(H,50,54);17-18H,3-16H2,1-2H3;4*1H/b11-10-;18-17-;;;;. The summed E-state index contributed by atoms with van der Waals surface area (Å²) >= 11 is 0. The Labute approximate surface area is 493 Å². The molecule has 0 saturated heterocycles. The molecule has 0 heterocycles. The molecule has 0 aliphatic heterocycles. The second-order valence-corrected chi connectivity index (χ2v) is 20.5. The van der Waals surface area contributed by atoms with E-state index in [1.807, 2.05) is 0 Å². The minimum absolute atomic E-state index is 0. The van der Waals surface area contributed by atoms with E-state index in [-0.39, 0.29) is 73.3 Å². The zero-order valence-electron chi connectivity index (χ0n) is 49.4. The van der Waals surface area contributed by atoms with Gasteiger partial charge in [-0.2, -0.15) is 0 Å². The number of hydrogen-bond acceptors (Lipinski definition) is 8. The molecule has 0 aromatic carbocycles. The first-order chi connectivity index (χ1) is 35.2. The molecule has 0 aromatic rings. The number of carbonyl (C=O) groups excluding carboxylic acids is 4. The van der Waals surface area contributed by atoms with Crippen LogP contribution in [-0.4, -0.2) is 88.1 Å². The molecule has 76 heavy (non-hydrogen) atoms. The van der Waals surface area contributed by atoms with E-state index < -0.39 is 12.1 Å². The molecule has 12 nitrogen and oxygen atoms in total. The highest BCUT2D eigenvalue weighted by molar-refractivity contribution is 5.86. The number of nitrogens with one attached hydrogen (secondary N) is 6. The Morgan fingerprint density at radius 1 is 0.342 bits per heavy atom. The number of rotatable bonds is 54. The van der Waals surface area contributed by atoms with Gasteiger partial charge in [-0.05, 0) is 148 Å². The minimum atomic E-state index is -0.510. The molecule has 456 valence electrons.